The summed E-state index contributed by atoms with van der Waals surface area (Å²) in [6.45, 7) is 2.37. The molecule has 1 aromatic heterocycles. The lowest BCUT2D eigenvalue weighted by Crippen LogP contribution is -2.13. The highest BCUT2D eigenvalue weighted by atomic mass is 32.2. The molecule has 7 heteroatoms. The summed E-state index contributed by atoms with van der Waals surface area (Å²) in [5.74, 6) is 1.13. The number of H-pyrrole nitrogens is 1. The third kappa shape index (κ3) is 4.16. The van der Waals surface area contributed by atoms with Crippen molar-refractivity contribution in [3.05, 3.63) is 52.1 Å². The number of aromatic nitrogens is 2. The van der Waals surface area contributed by atoms with Crippen LogP contribution in [0.4, 0.5) is 5.82 Å². The van der Waals surface area contributed by atoms with Gasteiger partial charge in [-0.3, -0.25) is 4.79 Å². The third-order valence-electron chi connectivity index (χ3n) is 2.95. The van der Waals surface area contributed by atoms with Crippen LogP contribution >= 0.6 is 0 Å². The zero-order valence-corrected chi connectivity index (χ0v) is 12.7. The molecule has 0 unspecified atom stereocenters. The van der Waals surface area contributed by atoms with Crippen LogP contribution < -0.4 is 10.9 Å². The highest BCUT2D eigenvalue weighted by molar-refractivity contribution is 7.90. The Balaban J connectivity index is 2.10. The summed E-state index contributed by atoms with van der Waals surface area (Å²) in [5, 5.41) is 3.05. The first kappa shape index (κ1) is 15.2. The maximum Gasteiger partial charge on any atom is 0.252 e. The summed E-state index contributed by atoms with van der Waals surface area (Å²) in [6.07, 6.45) is 1.82. The van der Waals surface area contributed by atoms with Gasteiger partial charge in [0.05, 0.1) is 4.90 Å². The Bertz CT molecular complexity index is 780. The second-order valence-corrected chi connectivity index (χ2v) is 6.72. The quantitative estimate of drug-likeness (QED) is 0.870. The molecule has 0 amide bonds. The van der Waals surface area contributed by atoms with Gasteiger partial charge in [0.15, 0.2) is 9.84 Å². The average Bonchev–Trinajstić information content (AvgIpc) is 2.44. The average molecular weight is 307 g/mol. The normalized spacial score (nSPS) is 11.3. The van der Waals surface area contributed by atoms with E-state index in [2.05, 4.69) is 15.3 Å². The van der Waals surface area contributed by atoms with E-state index in [0.29, 0.717) is 24.6 Å². The molecule has 1 heterocycles. The van der Waals surface area contributed by atoms with Crippen molar-refractivity contribution in [1.82, 2.24) is 9.97 Å². The number of hydrogen-bond acceptors (Lipinski definition) is 5. The van der Waals surface area contributed by atoms with Gasteiger partial charge in [-0.1, -0.05) is 19.1 Å². The van der Waals surface area contributed by atoms with Crippen LogP contribution in [0.5, 0.6) is 0 Å². The molecule has 2 rings (SSSR count). The number of benzene rings is 1. The van der Waals surface area contributed by atoms with Crippen LogP contribution in [-0.4, -0.2) is 24.6 Å². The highest BCUT2D eigenvalue weighted by Gasteiger charge is 2.06. The Hall–Kier alpha value is -2.15. The fraction of sp³-hybridized carbons (Fsp3) is 0.286. The summed E-state index contributed by atoms with van der Waals surface area (Å²) >= 11 is 0. The fourth-order valence-electron chi connectivity index (χ4n) is 1.81. The van der Waals surface area contributed by atoms with Crippen LogP contribution in [0.25, 0.3) is 0 Å². The SMILES string of the molecule is CCc1nc(NCc2ccc(S(C)(=O)=O)cc2)cc(=O)[nH]1. The molecule has 0 radical (unpaired) electrons. The van der Waals surface area contributed by atoms with Gasteiger partial charge in [-0.2, -0.15) is 0 Å². The lowest BCUT2D eigenvalue weighted by Gasteiger charge is -2.07. The Morgan fingerprint density at radius 1 is 1.24 bits per heavy atom. The van der Waals surface area contributed by atoms with Crippen molar-refractivity contribution in [2.24, 2.45) is 0 Å². The van der Waals surface area contributed by atoms with E-state index in [1.165, 1.54) is 12.3 Å². The van der Waals surface area contributed by atoms with E-state index >= 15 is 0 Å². The van der Waals surface area contributed by atoms with Crippen molar-refractivity contribution >= 4 is 15.7 Å². The standard InChI is InChI=1S/C14H17N3O3S/c1-3-12-16-13(8-14(18)17-12)15-9-10-4-6-11(7-5-10)21(2,19)20/h4-8H,3,9H2,1-2H3,(H2,15,16,17,18). The van der Waals surface area contributed by atoms with Crippen LogP contribution in [0.2, 0.25) is 0 Å². The molecule has 0 aliphatic carbocycles. The summed E-state index contributed by atoms with van der Waals surface area (Å²) in [7, 11) is -3.18. The Morgan fingerprint density at radius 2 is 1.90 bits per heavy atom. The van der Waals surface area contributed by atoms with E-state index in [4.69, 9.17) is 0 Å². The van der Waals surface area contributed by atoms with Crippen molar-refractivity contribution in [1.29, 1.82) is 0 Å². The van der Waals surface area contributed by atoms with Gasteiger partial charge in [0.1, 0.15) is 11.6 Å². The number of nitrogens with zero attached hydrogens (tertiary/aromatic N) is 1. The first-order valence-electron chi connectivity index (χ1n) is 6.51. The van der Waals surface area contributed by atoms with Gasteiger partial charge in [0.2, 0.25) is 0 Å². The molecular formula is C14H17N3O3S. The highest BCUT2D eigenvalue weighted by Crippen LogP contribution is 2.11. The minimum absolute atomic E-state index is 0.197. The molecule has 2 N–H and O–H groups in total. The maximum absolute atomic E-state index is 11.4. The van der Waals surface area contributed by atoms with Gasteiger partial charge in [-0.15, -0.1) is 0 Å². The zero-order chi connectivity index (χ0) is 15.5. The monoisotopic (exact) mass is 307 g/mol. The van der Waals surface area contributed by atoms with E-state index in [0.717, 1.165) is 5.56 Å². The van der Waals surface area contributed by atoms with Crippen LogP contribution in [0.15, 0.2) is 40.0 Å². The van der Waals surface area contributed by atoms with Crippen LogP contribution in [-0.2, 0) is 22.8 Å². The van der Waals surface area contributed by atoms with Gasteiger partial charge >= 0.3 is 0 Å². The van der Waals surface area contributed by atoms with Crippen LogP contribution in [0.3, 0.4) is 0 Å². The molecule has 6 nitrogen and oxygen atoms in total. The second kappa shape index (κ2) is 6.09. The molecule has 2 aromatic rings. The number of aryl methyl sites for hydroxylation is 1. The predicted octanol–water partition coefficient (Wildman–Crippen LogP) is 1.35. The molecule has 0 spiro atoms. The van der Waals surface area contributed by atoms with Crippen molar-refractivity contribution in [2.75, 3.05) is 11.6 Å². The summed E-state index contributed by atoms with van der Waals surface area (Å²) < 4.78 is 22.7. The number of hydrogen-bond donors (Lipinski definition) is 2. The first-order chi connectivity index (χ1) is 9.88. The summed E-state index contributed by atoms with van der Waals surface area (Å²) in [4.78, 5) is 18.6. The first-order valence-corrected chi connectivity index (χ1v) is 8.40. The number of sulfone groups is 1. The van der Waals surface area contributed by atoms with Gasteiger partial charge in [-0.05, 0) is 17.7 Å². The number of anilines is 1. The minimum atomic E-state index is -3.18. The molecule has 0 saturated heterocycles. The molecule has 0 aliphatic heterocycles. The lowest BCUT2D eigenvalue weighted by molar-refractivity contribution is 0.602. The van der Waals surface area contributed by atoms with Gasteiger partial charge in [0.25, 0.3) is 5.56 Å². The third-order valence-corrected chi connectivity index (χ3v) is 4.08. The molecule has 21 heavy (non-hydrogen) atoms. The van der Waals surface area contributed by atoms with Crippen molar-refractivity contribution in [3.63, 3.8) is 0 Å². The molecule has 0 atom stereocenters. The topological polar surface area (TPSA) is 91.9 Å². The molecule has 112 valence electrons. The molecule has 0 saturated carbocycles. The summed E-state index contributed by atoms with van der Waals surface area (Å²) in [5.41, 5.74) is 0.708. The van der Waals surface area contributed by atoms with Crippen molar-refractivity contribution in [2.45, 2.75) is 24.8 Å². The minimum Gasteiger partial charge on any atom is -0.366 e. The second-order valence-electron chi connectivity index (χ2n) is 4.70. The van der Waals surface area contributed by atoms with E-state index in [1.54, 1.807) is 24.3 Å². The largest absolute Gasteiger partial charge is 0.366 e. The van der Waals surface area contributed by atoms with Crippen molar-refractivity contribution < 1.29 is 8.42 Å². The van der Waals surface area contributed by atoms with Crippen molar-refractivity contribution in [3.8, 4) is 0 Å². The molecule has 0 bridgehead atoms. The van der Waals surface area contributed by atoms with E-state index in [-0.39, 0.29) is 10.5 Å². The number of aromatic amines is 1. The molecular weight excluding hydrogens is 290 g/mol. The Morgan fingerprint density at radius 3 is 2.48 bits per heavy atom. The van der Waals surface area contributed by atoms with Gasteiger partial charge in [0, 0.05) is 25.3 Å². The molecule has 0 fully saturated rings. The van der Waals surface area contributed by atoms with Crippen LogP contribution in [0.1, 0.15) is 18.3 Å². The molecule has 1 aromatic carbocycles. The van der Waals surface area contributed by atoms with E-state index < -0.39 is 9.84 Å². The maximum atomic E-state index is 11.4. The Labute approximate surface area is 123 Å². The van der Waals surface area contributed by atoms with Gasteiger partial charge < -0.3 is 10.3 Å². The fourth-order valence-corrected chi connectivity index (χ4v) is 2.44. The van der Waals surface area contributed by atoms with Gasteiger partial charge in [-0.25, -0.2) is 13.4 Å². The number of rotatable bonds is 5. The van der Waals surface area contributed by atoms with E-state index in [1.807, 2.05) is 6.92 Å². The number of nitrogens with one attached hydrogen (secondary N) is 2. The smallest absolute Gasteiger partial charge is 0.252 e. The predicted molar refractivity (Wildman–Crippen MR) is 81.1 cm³/mol. The molecule has 0 aliphatic rings. The lowest BCUT2D eigenvalue weighted by atomic mass is 10.2. The van der Waals surface area contributed by atoms with E-state index in [9.17, 15) is 13.2 Å². The Kier molecular flexibility index (Phi) is 4.42. The summed E-state index contributed by atoms with van der Waals surface area (Å²) in [6, 6.07) is 7.99. The zero-order valence-electron chi connectivity index (χ0n) is 11.9. The van der Waals surface area contributed by atoms with Crippen LogP contribution in [0, 0.1) is 0 Å².